The summed E-state index contributed by atoms with van der Waals surface area (Å²) >= 11 is 1.92. The number of hydrogen-bond donors (Lipinski definition) is 0. The lowest BCUT2D eigenvalue weighted by molar-refractivity contribution is 1.36. The molecule has 7 rings (SSSR count). The molecule has 120 valence electrons. The maximum atomic E-state index is 2.48. The number of rotatable bonds is 0. The van der Waals surface area contributed by atoms with Crippen LogP contribution in [0.2, 0.25) is 0 Å². The molecule has 26 heavy (non-hydrogen) atoms. The van der Waals surface area contributed by atoms with Crippen LogP contribution in [0.5, 0.6) is 0 Å². The van der Waals surface area contributed by atoms with Crippen molar-refractivity contribution >= 4 is 69.6 Å². The Morgan fingerprint density at radius 1 is 0.577 bits per heavy atom. The molecule has 0 saturated carbocycles. The van der Waals surface area contributed by atoms with Gasteiger partial charge in [-0.1, -0.05) is 60.7 Å². The summed E-state index contributed by atoms with van der Waals surface area (Å²) in [6, 6.07) is 28.9. The van der Waals surface area contributed by atoms with Gasteiger partial charge in [-0.2, -0.15) is 0 Å². The van der Waals surface area contributed by atoms with E-state index in [1.807, 2.05) is 11.3 Å². The predicted molar refractivity (Wildman–Crippen MR) is 114 cm³/mol. The minimum Gasteiger partial charge on any atom is -0.307 e. The molecule has 0 amide bonds. The Labute approximate surface area is 153 Å². The van der Waals surface area contributed by atoms with Crippen molar-refractivity contribution in [2.45, 2.75) is 0 Å². The lowest BCUT2D eigenvalue weighted by Gasteiger charge is -2.02. The van der Waals surface area contributed by atoms with Crippen LogP contribution in [0.25, 0.3) is 58.3 Å². The van der Waals surface area contributed by atoms with Crippen LogP contribution in [0.3, 0.4) is 0 Å². The van der Waals surface area contributed by atoms with E-state index in [1.54, 1.807) is 0 Å². The first-order valence-electron chi connectivity index (χ1n) is 8.89. The van der Waals surface area contributed by atoms with Gasteiger partial charge in [0.1, 0.15) is 0 Å². The number of fused-ring (bicyclic) bond motifs is 6. The first-order valence-corrected chi connectivity index (χ1v) is 9.70. The van der Waals surface area contributed by atoms with Gasteiger partial charge < -0.3 is 4.40 Å². The number of benzene rings is 4. The molecule has 7 aromatic rings. The van der Waals surface area contributed by atoms with E-state index >= 15 is 0 Å². The fourth-order valence-corrected chi connectivity index (χ4v) is 5.93. The Morgan fingerprint density at radius 2 is 1.31 bits per heavy atom. The average Bonchev–Trinajstić information content (AvgIpc) is 3.18. The van der Waals surface area contributed by atoms with Crippen LogP contribution in [0.4, 0.5) is 0 Å². The van der Waals surface area contributed by atoms with E-state index in [9.17, 15) is 0 Å². The Kier molecular flexibility index (Phi) is 2.20. The Bertz CT molecular complexity index is 1630. The van der Waals surface area contributed by atoms with Crippen molar-refractivity contribution in [1.82, 2.24) is 4.40 Å². The van der Waals surface area contributed by atoms with Crippen LogP contribution < -0.4 is 0 Å². The largest absolute Gasteiger partial charge is 0.307 e. The van der Waals surface area contributed by atoms with Crippen molar-refractivity contribution in [3.63, 3.8) is 0 Å². The minimum absolute atomic E-state index is 1.28. The molecule has 0 N–H and O–H groups in total. The zero-order valence-corrected chi connectivity index (χ0v) is 14.7. The third-order valence-corrected chi connectivity index (χ3v) is 6.90. The molecule has 1 nitrogen and oxygen atoms in total. The molecule has 0 fully saturated rings. The summed E-state index contributed by atoms with van der Waals surface area (Å²) < 4.78 is 5.26. The van der Waals surface area contributed by atoms with Crippen LogP contribution in [-0.2, 0) is 0 Å². The van der Waals surface area contributed by atoms with Gasteiger partial charge in [-0.15, -0.1) is 11.3 Å². The summed E-state index contributed by atoms with van der Waals surface area (Å²) in [5.74, 6) is 0. The molecule has 3 heterocycles. The summed E-state index contributed by atoms with van der Waals surface area (Å²) in [6.45, 7) is 0. The summed E-state index contributed by atoms with van der Waals surface area (Å²) in [7, 11) is 0. The molecular weight excluding hydrogens is 334 g/mol. The maximum absolute atomic E-state index is 2.48. The molecule has 0 radical (unpaired) electrons. The van der Waals surface area contributed by atoms with Crippen molar-refractivity contribution in [3.8, 4) is 0 Å². The topological polar surface area (TPSA) is 4.41 Å². The van der Waals surface area contributed by atoms with E-state index < -0.39 is 0 Å². The fraction of sp³-hybridized carbons (Fsp3) is 0. The van der Waals surface area contributed by atoms with Crippen molar-refractivity contribution in [2.24, 2.45) is 0 Å². The molecule has 0 atom stereocenters. The smallest absolute Gasteiger partial charge is 0.0734 e. The molecule has 0 saturated heterocycles. The zero-order chi connectivity index (χ0) is 16.8. The maximum Gasteiger partial charge on any atom is 0.0734 e. The first kappa shape index (κ1) is 13.2. The monoisotopic (exact) mass is 347 g/mol. The minimum atomic E-state index is 1.28. The molecule has 0 unspecified atom stereocenters. The SMILES string of the molecule is c1cc2ccc3sc4c5ccccc5n5c6ccccc6c(c1)c2c3c45. The van der Waals surface area contributed by atoms with Crippen LogP contribution in [-0.4, -0.2) is 4.40 Å². The van der Waals surface area contributed by atoms with Crippen LogP contribution >= 0.6 is 11.3 Å². The third kappa shape index (κ3) is 1.36. The van der Waals surface area contributed by atoms with Gasteiger partial charge in [0.05, 0.1) is 21.3 Å². The average molecular weight is 347 g/mol. The summed E-state index contributed by atoms with van der Waals surface area (Å²) in [5, 5.41) is 8.13. The summed E-state index contributed by atoms with van der Waals surface area (Å²) in [6.07, 6.45) is 0. The molecule has 0 bridgehead atoms. The first-order chi connectivity index (χ1) is 12.9. The van der Waals surface area contributed by atoms with E-state index in [0.717, 1.165) is 0 Å². The molecular formula is C24H13NS. The molecule has 0 aliphatic carbocycles. The van der Waals surface area contributed by atoms with Crippen LogP contribution in [0.15, 0.2) is 78.9 Å². The van der Waals surface area contributed by atoms with Crippen molar-refractivity contribution in [1.29, 1.82) is 0 Å². The van der Waals surface area contributed by atoms with E-state index in [1.165, 1.54) is 58.3 Å². The summed E-state index contributed by atoms with van der Waals surface area (Å²) in [5.41, 5.74) is 3.95. The van der Waals surface area contributed by atoms with Crippen LogP contribution in [0.1, 0.15) is 0 Å². The number of hydrogen-bond acceptors (Lipinski definition) is 1. The highest BCUT2D eigenvalue weighted by molar-refractivity contribution is 7.27. The van der Waals surface area contributed by atoms with E-state index in [4.69, 9.17) is 0 Å². The second-order valence-electron chi connectivity index (χ2n) is 6.99. The third-order valence-electron chi connectivity index (χ3n) is 5.72. The van der Waals surface area contributed by atoms with Gasteiger partial charge in [0.15, 0.2) is 0 Å². The van der Waals surface area contributed by atoms with Crippen LogP contribution in [0, 0.1) is 0 Å². The number of aromatic nitrogens is 1. The molecule has 0 aliphatic heterocycles. The number of nitrogens with zero attached hydrogens (tertiary/aromatic N) is 1. The van der Waals surface area contributed by atoms with Gasteiger partial charge in [0.2, 0.25) is 0 Å². The Hall–Kier alpha value is -3.10. The van der Waals surface area contributed by atoms with Gasteiger partial charge in [0, 0.05) is 26.2 Å². The van der Waals surface area contributed by atoms with Gasteiger partial charge in [0.25, 0.3) is 0 Å². The van der Waals surface area contributed by atoms with Crippen molar-refractivity contribution < 1.29 is 0 Å². The lowest BCUT2D eigenvalue weighted by Crippen LogP contribution is -1.83. The number of para-hydroxylation sites is 2. The summed E-state index contributed by atoms with van der Waals surface area (Å²) in [4.78, 5) is 0. The van der Waals surface area contributed by atoms with E-state index in [-0.39, 0.29) is 0 Å². The van der Waals surface area contributed by atoms with Gasteiger partial charge >= 0.3 is 0 Å². The van der Waals surface area contributed by atoms with Gasteiger partial charge in [-0.25, -0.2) is 0 Å². The molecule has 2 heteroatoms. The highest BCUT2D eigenvalue weighted by Crippen LogP contribution is 2.46. The zero-order valence-electron chi connectivity index (χ0n) is 13.9. The normalized spacial score (nSPS) is 12.6. The van der Waals surface area contributed by atoms with Crippen molar-refractivity contribution in [2.75, 3.05) is 0 Å². The van der Waals surface area contributed by atoms with Crippen molar-refractivity contribution in [3.05, 3.63) is 78.9 Å². The van der Waals surface area contributed by atoms with Gasteiger partial charge in [-0.3, -0.25) is 0 Å². The molecule has 4 aromatic carbocycles. The molecule has 0 spiro atoms. The van der Waals surface area contributed by atoms with E-state index in [0.29, 0.717) is 0 Å². The number of thiophene rings is 1. The second kappa shape index (κ2) is 4.35. The fourth-order valence-electron chi connectivity index (χ4n) is 4.70. The standard InChI is InChI=1S/C24H13NS/c1-3-10-18-15(7-1)16-9-5-6-14-12-13-20-22(21(14)16)23-24(26-20)17-8-2-4-11-19(17)25(18)23/h1-13H. The molecule has 3 aromatic heterocycles. The predicted octanol–water partition coefficient (Wildman–Crippen LogP) is 7.20. The molecule has 0 aliphatic rings. The Balaban J connectivity index is 2.07. The lowest BCUT2D eigenvalue weighted by atomic mass is 10.0. The highest BCUT2D eigenvalue weighted by Gasteiger charge is 2.20. The second-order valence-corrected chi connectivity index (χ2v) is 8.04. The quantitative estimate of drug-likeness (QED) is 0.273. The Morgan fingerprint density at radius 3 is 2.19 bits per heavy atom. The highest BCUT2D eigenvalue weighted by atomic mass is 32.1. The van der Waals surface area contributed by atoms with Gasteiger partial charge in [-0.05, 0) is 29.0 Å². The van der Waals surface area contributed by atoms with E-state index in [2.05, 4.69) is 83.3 Å².